The van der Waals surface area contributed by atoms with Crippen molar-refractivity contribution in [1.29, 1.82) is 0 Å². The number of carbonyl (C=O) groups excluding carboxylic acids is 1. The van der Waals surface area contributed by atoms with Gasteiger partial charge < -0.3 is 20.1 Å². The molecule has 3 N–H and O–H groups in total. The summed E-state index contributed by atoms with van der Waals surface area (Å²) in [5, 5.41) is 12.2. The summed E-state index contributed by atoms with van der Waals surface area (Å²) < 4.78 is 31.1. The highest BCUT2D eigenvalue weighted by Crippen LogP contribution is 2.49. The summed E-state index contributed by atoms with van der Waals surface area (Å²) in [5.74, 6) is -0.720. The minimum atomic E-state index is -3.43. The topological polar surface area (TPSA) is 125 Å². The second-order valence-electron chi connectivity index (χ2n) is 9.33. The van der Waals surface area contributed by atoms with Crippen LogP contribution in [0.1, 0.15) is 42.9 Å². The average molecular weight is 536 g/mol. The van der Waals surface area contributed by atoms with Crippen LogP contribution < -0.4 is 14.8 Å². The molecule has 2 fully saturated rings. The number of hydrogen-bond donors (Lipinski definition) is 3. The highest BCUT2D eigenvalue weighted by atomic mass is 32.2. The average Bonchev–Trinajstić information content (AvgIpc) is 3.46. The highest BCUT2D eigenvalue weighted by Gasteiger charge is 2.51. The number of likely N-dealkylation sites (tertiary alicyclic amines) is 1. The first-order chi connectivity index (χ1) is 16.6. The van der Waals surface area contributed by atoms with Gasteiger partial charge in [-0.25, -0.2) is 13.2 Å². The first-order valence-electron chi connectivity index (χ1n) is 11.7. The van der Waals surface area contributed by atoms with E-state index < -0.39 is 28.0 Å². The molecule has 1 heterocycles. The van der Waals surface area contributed by atoms with Gasteiger partial charge in [-0.15, -0.1) is 0 Å². The number of ether oxygens (including phenoxy) is 1. The van der Waals surface area contributed by atoms with E-state index in [9.17, 15) is 18.0 Å². The van der Waals surface area contributed by atoms with Crippen LogP contribution in [-0.2, 0) is 25.0 Å². The van der Waals surface area contributed by atoms with Crippen molar-refractivity contribution in [2.75, 3.05) is 37.2 Å². The van der Waals surface area contributed by atoms with Crippen molar-refractivity contribution in [1.82, 2.24) is 10.2 Å². The predicted octanol–water partition coefficient (Wildman–Crippen LogP) is 2.62. The SMILES string of the molecule is CS(=O)(=O)Nc1cccc(C2(C(=O)N[C@H](CN3CCCC3)c3cccc(OCC(=O)O)c3)CC2)c1.S. The van der Waals surface area contributed by atoms with Gasteiger partial charge in [-0.2, -0.15) is 13.5 Å². The van der Waals surface area contributed by atoms with Gasteiger partial charge in [-0.3, -0.25) is 9.52 Å². The van der Waals surface area contributed by atoms with Crippen LogP contribution >= 0.6 is 13.5 Å². The number of amides is 1. The van der Waals surface area contributed by atoms with E-state index in [0.29, 0.717) is 30.8 Å². The lowest BCUT2D eigenvalue weighted by Gasteiger charge is -2.27. The van der Waals surface area contributed by atoms with Gasteiger partial charge >= 0.3 is 5.97 Å². The first-order valence-corrected chi connectivity index (χ1v) is 13.6. The molecule has 0 bridgehead atoms. The monoisotopic (exact) mass is 535 g/mol. The third kappa shape index (κ3) is 7.14. The summed E-state index contributed by atoms with van der Waals surface area (Å²) >= 11 is 0. The molecular weight excluding hydrogens is 502 g/mol. The molecule has 36 heavy (non-hydrogen) atoms. The maximum atomic E-state index is 13.6. The molecule has 1 saturated heterocycles. The van der Waals surface area contributed by atoms with Crippen LogP contribution in [0.15, 0.2) is 48.5 Å². The Hall–Kier alpha value is -2.76. The molecule has 2 aromatic carbocycles. The number of carbonyl (C=O) groups is 2. The molecule has 1 aliphatic heterocycles. The van der Waals surface area contributed by atoms with Crippen molar-refractivity contribution in [3.63, 3.8) is 0 Å². The quantitative estimate of drug-likeness (QED) is 0.404. The van der Waals surface area contributed by atoms with Crippen molar-refractivity contribution < 1.29 is 27.9 Å². The lowest BCUT2D eigenvalue weighted by molar-refractivity contribution is -0.139. The summed E-state index contributed by atoms with van der Waals surface area (Å²) in [6.07, 6.45) is 4.69. The van der Waals surface area contributed by atoms with Crippen molar-refractivity contribution in [2.45, 2.75) is 37.1 Å². The molecule has 1 amide bonds. The van der Waals surface area contributed by atoms with Crippen LogP contribution in [0.5, 0.6) is 5.75 Å². The third-order valence-corrected chi connectivity index (χ3v) is 7.08. The lowest BCUT2D eigenvalue weighted by atomic mass is 9.93. The Kier molecular flexibility index (Phi) is 8.91. The van der Waals surface area contributed by atoms with E-state index >= 15 is 0 Å². The van der Waals surface area contributed by atoms with Crippen LogP contribution in [0, 0.1) is 0 Å². The zero-order valence-corrected chi connectivity index (χ0v) is 22.0. The predicted molar refractivity (Wildman–Crippen MR) is 142 cm³/mol. The molecule has 9 nitrogen and oxygen atoms in total. The molecule has 0 spiro atoms. The second-order valence-corrected chi connectivity index (χ2v) is 11.1. The highest BCUT2D eigenvalue weighted by molar-refractivity contribution is 7.92. The maximum Gasteiger partial charge on any atom is 0.341 e. The molecule has 2 aromatic rings. The number of hydrogen-bond acceptors (Lipinski definition) is 6. The van der Waals surface area contributed by atoms with E-state index in [2.05, 4.69) is 14.9 Å². The Bertz CT molecular complexity index is 1190. The Morgan fingerprint density at radius 3 is 2.44 bits per heavy atom. The van der Waals surface area contributed by atoms with E-state index in [1.165, 1.54) is 0 Å². The van der Waals surface area contributed by atoms with Crippen LogP contribution in [0.3, 0.4) is 0 Å². The fraction of sp³-hybridized carbons (Fsp3) is 0.440. The van der Waals surface area contributed by atoms with Crippen LogP contribution in [0.4, 0.5) is 5.69 Å². The number of aliphatic carboxylic acids is 1. The van der Waals surface area contributed by atoms with Gasteiger partial charge in [-0.1, -0.05) is 24.3 Å². The van der Waals surface area contributed by atoms with Gasteiger partial charge in [0.25, 0.3) is 0 Å². The number of sulfonamides is 1. The first kappa shape index (κ1) is 27.8. The van der Waals surface area contributed by atoms with E-state index in [1.54, 1.807) is 36.4 Å². The van der Waals surface area contributed by atoms with Crippen LogP contribution in [0.25, 0.3) is 0 Å². The fourth-order valence-electron chi connectivity index (χ4n) is 4.59. The maximum absolute atomic E-state index is 13.6. The van der Waals surface area contributed by atoms with Gasteiger partial charge in [-0.05, 0) is 74.2 Å². The number of carboxylic acids is 1. The molecule has 1 atom stereocenters. The Balaban J connectivity index is 0.00000361. The smallest absolute Gasteiger partial charge is 0.341 e. The van der Waals surface area contributed by atoms with Gasteiger partial charge in [0.2, 0.25) is 15.9 Å². The third-order valence-electron chi connectivity index (χ3n) is 6.47. The Morgan fingerprint density at radius 2 is 1.81 bits per heavy atom. The number of rotatable bonds is 11. The minimum Gasteiger partial charge on any atom is -0.482 e. The van der Waals surface area contributed by atoms with Crippen molar-refractivity contribution in [3.05, 3.63) is 59.7 Å². The van der Waals surface area contributed by atoms with E-state index in [-0.39, 0.29) is 25.4 Å². The molecule has 2 aliphatic rings. The Morgan fingerprint density at radius 1 is 1.11 bits per heavy atom. The van der Waals surface area contributed by atoms with Gasteiger partial charge in [0.05, 0.1) is 17.7 Å². The summed E-state index contributed by atoms with van der Waals surface area (Å²) in [7, 11) is -3.43. The summed E-state index contributed by atoms with van der Waals surface area (Å²) in [6.45, 7) is 2.13. The normalized spacial score (nSPS) is 17.5. The van der Waals surface area contributed by atoms with Crippen LogP contribution in [-0.4, -0.2) is 62.8 Å². The molecule has 4 rings (SSSR count). The minimum absolute atomic E-state index is 0. The van der Waals surface area contributed by atoms with Gasteiger partial charge in [0.1, 0.15) is 5.75 Å². The molecule has 0 radical (unpaired) electrons. The fourth-order valence-corrected chi connectivity index (χ4v) is 5.14. The van der Waals surface area contributed by atoms with Gasteiger partial charge in [0, 0.05) is 12.2 Å². The summed E-state index contributed by atoms with van der Waals surface area (Å²) in [6, 6.07) is 13.9. The van der Waals surface area contributed by atoms with E-state index in [4.69, 9.17) is 9.84 Å². The molecule has 1 aliphatic carbocycles. The molecular formula is C25H33N3O6S2. The summed E-state index contributed by atoms with van der Waals surface area (Å²) in [4.78, 5) is 26.8. The lowest BCUT2D eigenvalue weighted by Crippen LogP contribution is -2.42. The molecule has 0 unspecified atom stereocenters. The second kappa shape index (κ2) is 11.5. The molecule has 11 heteroatoms. The van der Waals surface area contributed by atoms with Crippen molar-refractivity contribution in [2.24, 2.45) is 0 Å². The molecule has 0 aromatic heterocycles. The summed E-state index contributed by atoms with van der Waals surface area (Å²) in [5.41, 5.74) is 1.36. The zero-order chi connectivity index (χ0) is 25.1. The van der Waals surface area contributed by atoms with E-state index in [1.807, 2.05) is 12.1 Å². The van der Waals surface area contributed by atoms with Gasteiger partial charge in [0.15, 0.2) is 6.61 Å². The van der Waals surface area contributed by atoms with E-state index in [0.717, 1.165) is 43.3 Å². The zero-order valence-electron chi connectivity index (χ0n) is 20.2. The number of benzene rings is 2. The number of anilines is 1. The largest absolute Gasteiger partial charge is 0.482 e. The number of nitrogens with one attached hydrogen (secondary N) is 2. The number of nitrogens with zero attached hydrogens (tertiary/aromatic N) is 1. The molecule has 1 saturated carbocycles. The van der Waals surface area contributed by atoms with Crippen LogP contribution in [0.2, 0.25) is 0 Å². The Labute approximate surface area is 218 Å². The van der Waals surface area contributed by atoms with Crippen molar-refractivity contribution in [3.8, 4) is 5.75 Å². The molecule has 196 valence electrons. The number of carboxylic acid groups (broad SMARTS) is 1. The standard InChI is InChI=1S/C25H31N3O6S.H2S/c1-35(32,33)27-20-8-5-7-19(15-20)25(10-11-25)24(31)26-22(16-28-12-2-3-13-28)18-6-4-9-21(14-18)34-17-23(29)30;/h4-9,14-15,22,27H,2-3,10-13,16-17H2,1H3,(H,26,31)(H,29,30);1H2/t22-;/m1./s1. The van der Waals surface area contributed by atoms with Crippen molar-refractivity contribution >= 4 is 41.1 Å².